The Morgan fingerprint density at radius 2 is 2.12 bits per heavy atom. The molecule has 0 radical (unpaired) electrons. The van der Waals surface area contributed by atoms with E-state index in [1.54, 1.807) is 0 Å². The Morgan fingerprint density at radius 1 is 1.42 bits per heavy atom. The van der Waals surface area contributed by atoms with Crippen molar-refractivity contribution >= 4 is 15.8 Å². The number of hydrogen-bond donors (Lipinski definition) is 2. The van der Waals surface area contributed by atoms with E-state index in [2.05, 4.69) is 33.7 Å². The van der Waals surface area contributed by atoms with Crippen molar-refractivity contribution in [2.45, 2.75) is 53.1 Å². The number of aliphatic imine (C=N–C) groups is 1. The highest BCUT2D eigenvalue weighted by Crippen LogP contribution is 2.02. The Hall–Kier alpha value is -1.57. The molecule has 1 unspecified atom stereocenters. The second-order valence-corrected chi connectivity index (χ2v) is 8.49. The van der Waals surface area contributed by atoms with E-state index in [0.717, 1.165) is 36.9 Å². The minimum atomic E-state index is -2.93. The largest absolute Gasteiger partial charge is 0.357 e. The van der Waals surface area contributed by atoms with Gasteiger partial charge < -0.3 is 10.6 Å². The molecule has 0 saturated carbocycles. The SMILES string of the molecule is CCNC(=NCCCn1nc(C)cc1C)NC(C)CCS(C)(=O)=O. The molecule has 1 rings (SSSR count). The Bertz CT molecular complexity index is 637. The summed E-state index contributed by atoms with van der Waals surface area (Å²) in [6, 6.07) is 2.12. The van der Waals surface area contributed by atoms with Crippen LogP contribution in [0.1, 0.15) is 38.1 Å². The van der Waals surface area contributed by atoms with Gasteiger partial charge in [-0.15, -0.1) is 0 Å². The van der Waals surface area contributed by atoms with Crippen molar-refractivity contribution in [3.8, 4) is 0 Å². The molecule has 0 fully saturated rings. The average Bonchev–Trinajstić information content (AvgIpc) is 2.79. The molecule has 0 spiro atoms. The zero-order valence-electron chi connectivity index (χ0n) is 15.5. The summed E-state index contributed by atoms with van der Waals surface area (Å²) in [5.41, 5.74) is 2.20. The fourth-order valence-electron chi connectivity index (χ4n) is 2.33. The maximum Gasteiger partial charge on any atom is 0.191 e. The van der Waals surface area contributed by atoms with Gasteiger partial charge in [-0.2, -0.15) is 5.10 Å². The van der Waals surface area contributed by atoms with Gasteiger partial charge in [0.05, 0.1) is 11.4 Å². The van der Waals surface area contributed by atoms with Crippen molar-refractivity contribution in [3.05, 3.63) is 17.5 Å². The van der Waals surface area contributed by atoms with E-state index in [9.17, 15) is 8.42 Å². The first-order valence-electron chi connectivity index (χ1n) is 8.45. The monoisotopic (exact) mass is 357 g/mol. The molecule has 0 aromatic carbocycles. The van der Waals surface area contributed by atoms with Gasteiger partial charge in [-0.3, -0.25) is 9.67 Å². The van der Waals surface area contributed by atoms with Crippen LogP contribution in [0.3, 0.4) is 0 Å². The molecule has 0 saturated heterocycles. The second kappa shape index (κ2) is 9.66. The third-order valence-electron chi connectivity index (χ3n) is 3.55. The lowest BCUT2D eigenvalue weighted by atomic mass is 10.3. The van der Waals surface area contributed by atoms with Gasteiger partial charge in [-0.1, -0.05) is 0 Å². The summed E-state index contributed by atoms with van der Waals surface area (Å²) < 4.78 is 24.5. The van der Waals surface area contributed by atoms with Gasteiger partial charge in [-0.25, -0.2) is 8.42 Å². The van der Waals surface area contributed by atoms with Crippen LogP contribution in [0.25, 0.3) is 0 Å². The predicted octanol–water partition coefficient (Wildman–Crippen LogP) is 1.27. The number of hydrogen-bond acceptors (Lipinski definition) is 4. The first-order valence-corrected chi connectivity index (χ1v) is 10.5. The van der Waals surface area contributed by atoms with Gasteiger partial charge in [0.25, 0.3) is 0 Å². The summed E-state index contributed by atoms with van der Waals surface area (Å²) in [6.45, 7) is 10.3. The molecule has 2 N–H and O–H groups in total. The van der Waals surface area contributed by atoms with E-state index in [1.165, 1.54) is 6.26 Å². The maximum absolute atomic E-state index is 11.2. The first kappa shape index (κ1) is 20.5. The predicted molar refractivity (Wildman–Crippen MR) is 99.2 cm³/mol. The topological polar surface area (TPSA) is 88.4 Å². The van der Waals surface area contributed by atoms with E-state index in [-0.39, 0.29) is 11.8 Å². The number of aryl methyl sites for hydroxylation is 3. The highest BCUT2D eigenvalue weighted by Gasteiger charge is 2.09. The summed E-state index contributed by atoms with van der Waals surface area (Å²) in [5.74, 6) is 0.908. The molecule has 1 heterocycles. The van der Waals surface area contributed by atoms with E-state index >= 15 is 0 Å². The summed E-state index contributed by atoms with van der Waals surface area (Å²) in [4.78, 5) is 4.55. The lowest BCUT2D eigenvalue weighted by molar-refractivity contribution is 0.563. The van der Waals surface area contributed by atoms with Crippen molar-refractivity contribution in [3.63, 3.8) is 0 Å². The summed E-state index contributed by atoms with van der Waals surface area (Å²) in [6.07, 6.45) is 2.73. The van der Waals surface area contributed by atoms with E-state index in [4.69, 9.17) is 0 Å². The fourth-order valence-corrected chi connectivity index (χ4v) is 3.11. The molecular formula is C16H31N5O2S. The molecule has 0 amide bonds. The number of rotatable bonds is 9. The number of nitrogens with zero attached hydrogens (tertiary/aromatic N) is 3. The Kier molecular flexibility index (Phi) is 8.24. The highest BCUT2D eigenvalue weighted by molar-refractivity contribution is 7.90. The van der Waals surface area contributed by atoms with Crippen LogP contribution in [0.4, 0.5) is 0 Å². The van der Waals surface area contributed by atoms with Gasteiger partial charge in [0, 0.05) is 37.6 Å². The molecule has 24 heavy (non-hydrogen) atoms. The third kappa shape index (κ3) is 8.33. The van der Waals surface area contributed by atoms with Gasteiger partial charge in [0.1, 0.15) is 9.84 Å². The molecule has 7 nitrogen and oxygen atoms in total. The van der Waals surface area contributed by atoms with Crippen LogP contribution in [-0.2, 0) is 16.4 Å². The van der Waals surface area contributed by atoms with Crippen LogP contribution in [0.15, 0.2) is 11.1 Å². The lowest BCUT2D eigenvalue weighted by Gasteiger charge is -2.17. The molecule has 1 atom stereocenters. The normalized spacial score (nSPS) is 13.8. The van der Waals surface area contributed by atoms with Gasteiger partial charge in [0.15, 0.2) is 5.96 Å². The Balaban J connectivity index is 2.45. The number of guanidine groups is 1. The van der Waals surface area contributed by atoms with Crippen LogP contribution in [0.2, 0.25) is 0 Å². The molecule has 8 heteroatoms. The van der Waals surface area contributed by atoms with Crippen LogP contribution >= 0.6 is 0 Å². The lowest BCUT2D eigenvalue weighted by Crippen LogP contribution is -2.43. The second-order valence-electron chi connectivity index (χ2n) is 6.23. The van der Waals surface area contributed by atoms with E-state index < -0.39 is 9.84 Å². The van der Waals surface area contributed by atoms with Crippen LogP contribution in [0, 0.1) is 13.8 Å². The summed E-state index contributed by atoms with van der Waals surface area (Å²) in [7, 11) is -2.93. The van der Waals surface area contributed by atoms with Crippen LogP contribution in [0.5, 0.6) is 0 Å². The zero-order chi connectivity index (χ0) is 18.2. The highest BCUT2D eigenvalue weighted by atomic mass is 32.2. The minimum Gasteiger partial charge on any atom is -0.357 e. The molecule has 0 bridgehead atoms. The standard InChI is InChI=1S/C16H31N5O2S/c1-6-17-16(19-13(2)8-11-24(5,22)23)18-9-7-10-21-15(4)12-14(3)20-21/h12-13H,6-11H2,1-5H3,(H2,17,18,19). The Morgan fingerprint density at radius 3 is 2.67 bits per heavy atom. The smallest absolute Gasteiger partial charge is 0.191 e. The number of aromatic nitrogens is 2. The molecule has 138 valence electrons. The van der Waals surface area contributed by atoms with Gasteiger partial charge in [0.2, 0.25) is 0 Å². The average molecular weight is 358 g/mol. The fraction of sp³-hybridized carbons (Fsp3) is 0.750. The number of sulfone groups is 1. The molecule has 0 aliphatic rings. The summed E-state index contributed by atoms with van der Waals surface area (Å²) >= 11 is 0. The molecular weight excluding hydrogens is 326 g/mol. The molecule has 0 aliphatic heterocycles. The molecule has 1 aromatic heterocycles. The summed E-state index contributed by atoms with van der Waals surface area (Å²) in [5, 5.41) is 10.9. The minimum absolute atomic E-state index is 0.0496. The quantitative estimate of drug-likeness (QED) is 0.395. The van der Waals surface area contributed by atoms with Crippen molar-refractivity contribution in [1.29, 1.82) is 0 Å². The zero-order valence-corrected chi connectivity index (χ0v) is 16.3. The number of nitrogens with one attached hydrogen (secondary N) is 2. The van der Waals surface area contributed by atoms with Crippen molar-refractivity contribution in [2.24, 2.45) is 4.99 Å². The maximum atomic E-state index is 11.2. The van der Waals surface area contributed by atoms with E-state index in [0.29, 0.717) is 13.0 Å². The molecule has 0 aliphatic carbocycles. The first-order chi connectivity index (χ1) is 11.2. The van der Waals surface area contributed by atoms with Gasteiger partial charge >= 0.3 is 0 Å². The van der Waals surface area contributed by atoms with Crippen molar-refractivity contribution in [1.82, 2.24) is 20.4 Å². The van der Waals surface area contributed by atoms with Crippen LogP contribution < -0.4 is 10.6 Å². The molecule has 1 aromatic rings. The van der Waals surface area contributed by atoms with Gasteiger partial charge in [-0.05, 0) is 46.6 Å². The third-order valence-corrected chi connectivity index (χ3v) is 4.53. The van der Waals surface area contributed by atoms with E-state index in [1.807, 2.05) is 25.5 Å². The van der Waals surface area contributed by atoms with Crippen molar-refractivity contribution < 1.29 is 8.42 Å². The van der Waals surface area contributed by atoms with Crippen LogP contribution in [-0.4, -0.2) is 55.3 Å². The van der Waals surface area contributed by atoms with Crippen molar-refractivity contribution in [2.75, 3.05) is 25.1 Å². The Labute approximate surface area is 145 Å².